The average Bonchev–Trinajstić information content (AvgIpc) is 2.23. The third kappa shape index (κ3) is 8.19. The van der Waals surface area contributed by atoms with E-state index in [1.165, 1.54) is 12.8 Å². The predicted octanol–water partition coefficient (Wildman–Crippen LogP) is 3.72. The quantitative estimate of drug-likeness (QED) is 0.596. The molecule has 0 saturated carbocycles. The van der Waals surface area contributed by atoms with Gasteiger partial charge in [-0.3, -0.25) is 4.79 Å². The minimum atomic E-state index is -0.713. The smallest absolute Gasteiger partial charge is 0.309 e. The average molecular weight is 244 g/mol. The first-order chi connectivity index (χ1) is 7.90. The minimum absolute atomic E-state index is 0.602. The Morgan fingerprint density at radius 1 is 1.35 bits per heavy atom. The first-order valence-electron chi connectivity index (χ1n) is 6.71. The highest BCUT2D eigenvalue weighted by Crippen LogP contribution is 2.23. The molecule has 0 aromatic carbocycles. The monoisotopic (exact) mass is 244 g/mol. The zero-order valence-electron chi connectivity index (χ0n) is 11.8. The van der Waals surface area contributed by atoms with Crippen LogP contribution in [-0.2, 0) is 9.53 Å². The Morgan fingerprint density at radius 3 is 2.53 bits per heavy atom. The van der Waals surface area contributed by atoms with Crippen molar-refractivity contribution in [1.29, 1.82) is 0 Å². The summed E-state index contributed by atoms with van der Waals surface area (Å²) >= 11 is 0. The van der Waals surface area contributed by atoms with Crippen molar-refractivity contribution < 1.29 is 14.6 Å². The van der Waals surface area contributed by atoms with Crippen LogP contribution in [0.25, 0.3) is 0 Å². The van der Waals surface area contributed by atoms with Gasteiger partial charge in [0.05, 0.1) is 5.41 Å². The lowest BCUT2D eigenvalue weighted by Gasteiger charge is -2.18. The van der Waals surface area contributed by atoms with Gasteiger partial charge in [-0.2, -0.15) is 0 Å². The molecular formula is C14H28O3. The van der Waals surface area contributed by atoms with Crippen LogP contribution in [0.15, 0.2) is 0 Å². The van der Waals surface area contributed by atoms with Crippen LogP contribution in [0.5, 0.6) is 0 Å². The zero-order chi connectivity index (χ0) is 13.3. The molecule has 0 aliphatic carbocycles. The van der Waals surface area contributed by atoms with Crippen LogP contribution in [0.1, 0.15) is 59.8 Å². The zero-order valence-corrected chi connectivity index (χ0v) is 11.8. The third-order valence-electron chi connectivity index (χ3n) is 3.10. The summed E-state index contributed by atoms with van der Waals surface area (Å²) in [5.74, 6) is -0.0783. The molecule has 0 saturated heterocycles. The second-order valence-electron chi connectivity index (χ2n) is 5.61. The fourth-order valence-electron chi connectivity index (χ4n) is 1.74. The van der Waals surface area contributed by atoms with Crippen molar-refractivity contribution >= 4 is 5.97 Å². The maximum Gasteiger partial charge on any atom is 0.309 e. The number of hydrogen-bond donors (Lipinski definition) is 1. The summed E-state index contributed by atoms with van der Waals surface area (Å²) in [6.07, 6.45) is 5.01. The molecule has 0 aliphatic rings. The topological polar surface area (TPSA) is 46.5 Å². The highest BCUT2D eigenvalue weighted by atomic mass is 16.5. The van der Waals surface area contributed by atoms with Crippen LogP contribution < -0.4 is 0 Å². The summed E-state index contributed by atoms with van der Waals surface area (Å²) in [7, 11) is 0. The van der Waals surface area contributed by atoms with E-state index in [-0.39, 0.29) is 0 Å². The van der Waals surface area contributed by atoms with Crippen LogP contribution in [0, 0.1) is 11.3 Å². The number of ether oxygens (including phenoxy) is 1. The molecule has 1 atom stereocenters. The molecule has 17 heavy (non-hydrogen) atoms. The van der Waals surface area contributed by atoms with E-state index in [0.29, 0.717) is 5.92 Å². The number of unbranched alkanes of at least 4 members (excludes halogenated alkanes) is 1. The van der Waals surface area contributed by atoms with Gasteiger partial charge in [-0.05, 0) is 39.0 Å². The first-order valence-corrected chi connectivity index (χ1v) is 6.71. The molecule has 0 aromatic heterocycles. The van der Waals surface area contributed by atoms with Gasteiger partial charge in [0.15, 0.2) is 0 Å². The third-order valence-corrected chi connectivity index (χ3v) is 3.10. The molecule has 3 heteroatoms. The summed E-state index contributed by atoms with van der Waals surface area (Å²) in [4.78, 5) is 10.9. The van der Waals surface area contributed by atoms with E-state index in [0.717, 1.165) is 32.5 Å². The van der Waals surface area contributed by atoms with Gasteiger partial charge in [0, 0.05) is 13.2 Å². The van der Waals surface area contributed by atoms with Gasteiger partial charge >= 0.3 is 5.97 Å². The normalized spacial score (nSPS) is 13.6. The van der Waals surface area contributed by atoms with Gasteiger partial charge in [-0.15, -0.1) is 0 Å². The molecule has 102 valence electrons. The van der Waals surface area contributed by atoms with E-state index < -0.39 is 11.4 Å². The summed E-state index contributed by atoms with van der Waals surface area (Å²) in [5, 5.41) is 8.94. The van der Waals surface area contributed by atoms with Crippen molar-refractivity contribution in [3.8, 4) is 0 Å². The number of aliphatic carboxylic acids is 1. The highest BCUT2D eigenvalue weighted by molar-refractivity contribution is 5.73. The van der Waals surface area contributed by atoms with Gasteiger partial charge in [0.25, 0.3) is 0 Å². The molecule has 0 radical (unpaired) electrons. The molecule has 0 bridgehead atoms. The molecule has 0 amide bonds. The van der Waals surface area contributed by atoms with Crippen LogP contribution >= 0.6 is 0 Å². The Morgan fingerprint density at radius 2 is 2.00 bits per heavy atom. The molecule has 0 aliphatic heterocycles. The fraction of sp³-hybridized carbons (Fsp3) is 0.929. The SMILES string of the molecule is CCCC(C)COCCCCC(C)(C)C(=O)O. The Hall–Kier alpha value is -0.570. The summed E-state index contributed by atoms with van der Waals surface area (Å²) < 4.78 is 5.58. The second kappa shape index (κ2) is 8.51. The van der Waals surface area contributed by atoms with Crippen LogP contribution in [0.4, 0.5) is 0 Å². The molecule has 1 unspecified atom stereocenters. The molecule has 3 nitrogen and oxygen atoms in total. The molecule has 0 rings (SSSR count). The Kier molecular flexibility index (Phi) is 8.23. The van der Waals surface area contributed by atoms with Crippen molar-refractivity contribution in [2.45, 2.75) is 59.8 Å². The predicted molar refractivity (Wildman–Crippen MR) is 70.2 cm³/mol. The number of carbonyl (C=O) groups is 1. The maximum atomic E-state index is 10.9. The van der Waals surface area contributed by atoms with Crippen LogP contribution in [0.2, 0.25) is 0 Å². The second-order valence-corrected chi connectivity index (χ2v) is 5.61. The van der Waals surface area contributed by atoms with Crippen molar-refractivity contribution in [1.82, 2.24) is 0 Å². The van der Waals surface area contributed by atoms with Crippen molar-refractivity contribution in [3.63, 3.8) is 0 Å². The molecule has 0 aromatic rings. The number of carboxylic acid groups (broad SMARTS) is 1. The summed E-state index contributed by atoms with van der Waals surface area (Å²) in [6.45, 7) is 9.53. The molecule has 1 N–H and O–H groups in total. The van der Waals surface area contributed by atoms with E-state index in [1.54, 1.807) is 13.8 Å². The lowest BCUT2D eigenvalue weighted by Crippen LogP contribution is -2.23. The summed E-state index contributed by atoms with van der Waals surface area (Å²) in [6, 6.07) is 0. The number of rotatable bonds is 10. The number of hydrogen-bond acceptors (Lipinski definition) is 2. The standard InChI is InChI=1S/C14H28O3/c1-5-8-12(2)11-17-10-7-6-9-14(3,4)13(15)16/h12H,5-11H2,1-4H3,(H,15,16). The Labute approximate surface area is 106 Å². The van der Waals surface area contributed by atoms with E-state index in [2.05, 4.69) is 13.8 Å². The molecule has 0 spiro atoms. The lowest BCUT2D eigenvalue weighted by atomic mass is 9.87. The van der Waals surface area contributed by atoms with E-state index in [1.807, 2.05) is 0 Å². The van der Waals surface area contributed by atoms with Gasteiger partial charge in [-0.25, -0.2) is 0 Å². The van der Waals surface area contributed by atoms with Crippen molar-refractivity contribution in [2.24, 2.45) is 11.3 Å². The van der Waals surface area contributed by atoms with E-state index in [4.69, 9.17) is 9.84 Å². The summed E-state index contributed by atoms with van der Waals surface area (Å²) in [5.41, 5.74) is -0.602. The first kappa shape index (κ1) is 16.4. The van der Waals surface area contributed by atoms with Gasteiger partial charge in [0.1, 0.15) is 0 Å². The highest BCUT2D eigenvalue weighted by Gasteiger charge is 2.25. The largest absolute Gasteiger partial charge is 0.481 e. The maximum absolute atomic E-state index is 10.9. The van der Waals surface area contributed by atoms with E-state index in [9.17, 15) is 4.79 Å². The Balaban J connectivity index is 3.44. The molecule has 0 heterocycles. The van der Waals surface area contributed by atoms with Crippen molar-refractivity contribution in [2.75, 3.05) is 13.2 Å². The van der Waals surface area contributed by atoms with E-state index >= 15 is 0 Å². The molecular weight excluding hydrogens is 216 g/mol. The van der Waals surface area contributed by atoms with Crippen molar-refractivity contribution in [3.05, 3.63) is 0 Å². The van der Waals surface area contributed by atoms with Gasteiger partial charge in [0.2, 0.25) is 0 Å². The van der Waals surface area contributed by atoms with Gasteiger partial charge < -0.3 is 9.84 Å². The Bertz CT molecular complexity index is 212. The van der Waals surface area contributed by atoms with Gasteiger partial charge in [-0.1, -0.05) is 26.7 Å². The molecule has 0 fully saturated rings. The van der Waals surface area contributed by atoms with Crippen LogP contribution in [0.3, 0.4) is 0 Å². The fourth-order valence-corrected chi connectivity index (χ4v) is 1.74. The minimum Gasteiger partial charge on any atom is -0.481 e. The number of carboxylic acids is 1. The van der Waals surface area contributed by atoms with Crippen LogP contribution in [-0.4, -0.2) is 24.3 Å². The lowest BCUT2D eigenvalue weighted by molar-refractivity contribution is -0.147.